The maximum absolute atomic E-state index is 12.7. The average molecular weight is 272 g/mol. The Labute approximate surface area is 117 Å². The molecule has 1 aromatic heterocycles. The summed E-state index contributed by atoms with van der Waals surface area (Å²) in [5.74, 6) is 0.0494. The van der Waals surface area contributed by atoms with Gasteiger partial charge in [-0.3, -0.25) is 9.89 Å². The Morgan fingerprint density at radius 3 is 2.90 bits per heavy atom. The SMILES string of the molecule is NCC1(C(=O)Nc2cccc3[nH]ncc23)CCCCC1. The lowest BCUT2D eigenvalue weighted by atomic mass is 9.73. The van der Waals surface area contributed by atoms with E-state index in [2.05, 4.69) is 15.5 Å². The molecule has 2 aromatic rings. The Morgan fingerprint density at radius 1 is 1.35 bits per heavy atom. The summed E-state index contributed by atoms with van der Waals surface area (Å²) in [4.78, 5) is 12.7. The quantitative estimate of drug-likeness (QED) is 0.802. The number of amides is 1. The molecular weight excluding hydrogens is 252 g/mol. The van der Waals surface area contributed by atoms with Crippen LogP contribution >= 0.6 is 0 Å². The molecule has 0 radical (unpaired) electrons. The number of nitrogens with two attached hydrogens (primary N) is 1. The summed E-state index contributed by atoms with van der Waals surface area (Å²) in [6.45, 7) is 0.417. The Balaban J connectivity index is 1.86. The zero-order valence-corrected chi connectivity index (χ0v) is 11.5. The first-order valence-corrected chi connectivity index (χ1v) is 7.19. The molecule has 5 nitrogen and oxygen atoms in total. The van der Waals surface area contributed by atoms with E-state index in [-0.39, 0.29) is 5.91 Å². The number of aromatic nitrogens is 2. The van der Waals surface area contributed by atoms with Crippen molar-refractivity contribution in [3.8, 4) is 0 Å². The van der Waals surface area contributed by atoms with Crippen LogP contribution in [0, 0.1) is 5.41 Å². The number of anilines is 1. The predicted molar refractivity (Wildman–Crippen MR) is 79.3 cm³/mol. The molecule has 1 amide bonds. The van der Waals surface area contributed by atoms with E-state index in [0.717, 1.165) is 42.3 Å². The van der Waals surface area contributed by atoms with Crippen molar-refractivity contribution in [3.05, 3.63) is 24.4 Å². The third kappa shape index (κ3) is 2.18. The minimum Gasteiger partial charge on any atom is -0.329 e. The largest absolute Gasteiger partial charge is 0.329 e. The van der Waals surface area contributed by atoms with Crippen LogP contribution in [0.2, 0.25) is 0 Å². The average Bonchev–Trinajstić information content (AvgIpc) is 2.97. The number of carbonyl (C=O) groups excluding carboxylic acids is 1. The van der Waals surface area contributed by atoms with E-state index >= 15 is 0 Å². The van der Waals surface area contributed by atoms with Crippen molar-refractivity contribution in [2.45, 2.75) is 32.1 Å². The van der Waals surface area contributed by atoms with E-state index in [1.165, 1.54) is 6.42 Å². The second kappa shape index (κ2) is 5.25. The summed E-state index contributed by atoms with van der Waals surface area (Å²) in [5.41, 5.74) is 7.24. The molecular formula is C15H20N4O. The second-order valence-electron chi connectivity index (χ2n) is 5.64. The first-order chi connectivity index (χ1) is 9.75. The van der Waals surface area contributed by atoms with Gasteiger partial charge in [-0.2, -0.15) is 5.10 Å². The third-order valence-corrected chi connectivity index (χ3v) is 4.42. The summed E-state index contributed by atoms with van der Waals surface area (Å²) in [5, 5.41) is 10.9. The van der Waals surface area contributed by atoms with Crippen LogP contribution in [0.5, 0.6) is 0 Å². The summed E-state index contributed by atoms with van der Waals surface area (Å²) < 4.78 is 0. The summed E-state index contributed by atoms with van der Waals surface area (Å²) in [7, 11) is 0. The van der Waals surface area contributed by atoms with Crippen LogP contribution in [0.3, 0.4) is 0 Å². The van der Waals surface area contributed by atoms with Crippen molar-refractivity contribution < 1.29 is 4.79 Å². The minimum atomic E-state index is -0.399. The van der Waals surface area contributed by atoms with Crippen LogP contribution in [0.15, 0.2) is 24.4 Å². The maximum atomic E-state index is 12.7. The van der Waals surface area contributed by atoms with Crippen molar-refractivity contribution in [3.63, 3.8) is 0 Å². The Morgan fingerprint density at radius 2 is 2.15 bits per heavy atom. The molecule has 1 fully saturated rings. The number of nitrogens with one attached hydrogen (secondary N) is 2. The van der Waals surface area contributed by atoms with Gasteiger partial charge in [-0.1, -0.05) is 25.3 Å². The Hall–Kier alpha value is -1.88. The van der Waals surface area contributed by atoms with Gasteiger partial charge >= 0.3 is 0 Å². The lowest BCUT2D eigenvalue weighted by Crippen LogP contribution is -2.43. The van der Waals surface area contributed by atoms with Gasteiger partial charge in [0.25, 0.3) is 0 Å². The van der Waals surface area contributed by atoms with Crippen LogP contribution in [0.25, 0.3) is 10.9 Å². The molecule has 4 N–H and O–H groups in total. The van der Waals surface area contributed by atoms with Crippen LogP contribution in [0.4, 0.5) is 5.69 Å². The summed E-state index contributed by atoms with van der Waals surface area (Å²) in [6, 6.07) is 5.76. The van der Waals surface area contributed by atoms with Gasteiger partial charge in [-0.15, -0.1) is 0 Å². The van der Waals surface area contributed by atoms with Crippen molar-refractivity contribution in [1.82, 2.24) is 10.2 Å². The van der Waals surface area contributed by atoms with Crippen molar-refractivity contribution in [1.29, 1.82) is 0 Å². The lowest BCUT2D eigenvalue weighted by Gasteiger charge is -2.34. The molecule has 1 aliphatic carbocycles. The van der Waals surface area contributed by atoms with E-state index < -0.39 is 5.41 Å². The van der Waals surface area contributed by atoms with Crippen LogP contribution in [-0.4, -0.2) is 22.6 Å². The molecule has 1 saturated carbocycles. The molecule has 3 rings (SSSR count). The van der Waals surface area contributed by atoms with E-state index in [1.54, 1.807) is 6.20 Å². The molecule has 1 heterocycles. The normalized spacial score (nSPS) is 18.1. The molecule has 106 valence electrons. The molecule has 0 saturated heterocycles. The van der Waals surface area contributed by atoms with Gasteiger partial charge in [-0.05, 0) is 25.0 Å². The standard InChI is InChI=1S/C15H20N4O/c16-10-15(7-2-1-3-8-15)14(20)18-12-5-4-6-13-11(12)9-17-19-13/h4-6,9H,1-3,7-8,10,16H2,(H,17,19)(H,18,20). The smallest absolute Gasteiger partial charge is 0.231 e. The Bertz CT molecular complexity index is 613. The maximum Gasteiger partial charge on any atom is 0.231 e. The molecule has 0 aliphatic heterocycles. The van der Waals surface area contributed by atoms with Gasteiger partial charge in [0.2, 0.25) is 5.91 Å². The van der Waals surface area contributed by atoms with Gasteiger partial charge in [0.1, 0.15) is 0 Å². The van der Waals surface area contributed by atoms with Crippen LogP contribution < -0.4 is 11.1 Å². The number of fused-ring (bicyclic) bond motifs is 1. The molecule has 0 spiro atoms. The third-order valence-electron chi connectivity index (χ3n) is 4.42. The number of hydrogen-bond acceptors (Lipinski definition) is 3. The van der Waals surface area contributed by atoms with Crippen molar-refractivity contribution in [2.75, 3.05) is 11.9 Å². The first-order valence-electron chi connectivity index (χ1n) is 7.19. The van der Waals surface area contributed by atoms with Gasteiger partial charge in [0.05, 0.1) is 22.8 Å². The number of nitrogens with zero attached hydrogens (tertiary/aromatic N) is 1. The summed E-state index contributed by atoms with van der Waals surface area (Å²) in [6.07, 6.45) is 6.88. The van der Waals surface area contributed by atoms with Gasteiger partial charge in [0.15, 0.2) is 0 Å². The molecule has 1 aromatic carbocycles. The second-order valence-corrected chi connectivity index (χ2v) is 5.64. The molecule has 0 unspecified atom stereocenters. The highest BCUT2D eigenvalue weighted by atomic mass is 16.2. The number of rotatable bonds is 3. The van der Waals surface area contributed by atoms with Crippen molar-refractivity contribution >= 4 is 22.5 Å². The highest BCUT2D eigenvalue weighted by Crippen LogP contribution is 2.37. The van der Waals surface area contributed by atoms with Crippen LogP contribution in [-0.2, 0) is 4.79 Å². The molecule has 5 heteroatoms. The number of carbonyl (C=O) groups is 1. The van der Waals surface area contributed by atoms with E-state index in [0.29, 0.717) is 6.54 Å². The van der Waals surface area contributed by atoms with Crippen LogP contribution in [0.1, 0.15) is 32.1 Å². The van der Waals surface area contributed by atoms with E-state index in [4.69, 9.17) is 5.73 Å². The number of hydrogen-bond donors (Lipinski definition) is 3. The van der Waals surface area contributed by atoms with E-state index in [9.17, 15) is 4.79 Å². The van der Waals surface area contributed by atoms with Crippen molar-refractivity contribution in [2.24, 2.45) is 11.1 Å². The fourth-order valence-corrected chi connectivity index (χ4v) is 3.08. The summed E-state index contributed by atoms with van der Waals surface area (Å²) >= 11 is 0. The lowest BCUT2D eigenvalue weighted by molar-refractivity contribution is -0.126. The fourth-order valence-electron chi connectivity index (χ4n) is 3.08. The molecule has 0 atom stereocenters. The molecule has 20 heavy (non-hydrogen) atoms. The van der Waals surface area contributed by atoms with Gasteiger partial charge in [0, 0.05) is 11.9 Å². The Kier molecular flexibility index (Phi) is 3.44. The highest BCUT2D eigenvalue weighted by molar-refractivity contribution is 6.03. The minimum absolute atomic E-state index is 0.0494. The zero-order valence-electron chi connectivity index (χ0n) is 11.5. The van der Waals surface area contributed by atoms with Gasteiger partial charge < -0.3 is 11.1 Å². The fraction of sp³-hybridized carbons (Fsp3) is 0.467. The highest BCUT2D eigenvalue weighted by Gasteiger charge is 2.38. The molecule has 1 aliphatic rings. The zero-order chi connectivity index (χ0) is 14.0. The molecule has 0 bridgehead atoms. The van der Waals surface area contributed by atoms with E-state index in [1.807, 2.05) is 18.2 Å². The first kappa shape index (κ1) is 13.1. The predicted octanol–water partition coefficient (Wildman–Crippen LogP) is 2.41. The number of H-pyrrole nitrogens is 1. The van der Waals surface area contributed by atoms with Gasteiger partial charge in [-0.25, -0.2) is 0 Å². The number of aromatic amines is 1. The monoisotopic (exact) mass is 272 g/mol. The number of benzene rings is 1. The topological polar surface area (TPSA) is 83.8 Å².